The Kier molecular flexibility index (Phi) is 3.80. The van der Waals surface area contributed by atoms with Gasteiger partial charge in [-0.3, -0.25) is 0 Å². The van der Waals surface area contributed by atoms with Crippen molar-refractivity contribution in [1.29, 1.82) is 0 Å². The number of hydrogen-bond donors (Lipinski definition) is 1. The van der Waals surface area contributed by atoms with Gasteiger partial charge in [0.2, 0.25) is 0 Å². The summed E-state index contributed by atoms with van der Waals surface area (Å²) >= 11 is 0. The molecule has 0 radical (unpaired) electrons. The van der Waals surface area contributed by atoms with Crippen LogP contribution in [0.25, 0.3) is 0 Å². The molecule has 1 aromatic carbocycles. The highest BCUT2D eigenvalue weighted by molar-refractivity contribution is 5.37. The van der Waals surface area contributed by atoms with Gasteiger partial charge >= 0.3 is 6.18 Å². The van der Waals surface area contributed by atoms with Crippen LogP contribution < -0.4 is 10.5 Å². The van der Waals surface area contributed by atoms with E-state index in [4.69, 9.17) is 10.5 Å². The fourth-order valence-electron chi connectivity index (χ4n) is 2.27. The van der Waals surface area contributed by atoms with Gasteiger partial charge in [-0.15, -0.1) is 0 Å². The zero-order chi connectivity index (χ0) is 13.2. The van der Waals surface area contributed by atoms with Crippen LogP contribution in [0.3, 0.4) is 0 Å². The van der Waals surface area contributed by atoms with Crippen molar-refractivity contribution in [1.82, 2.24) is 0 Å². The van der Waals surface area contributed by atoms with Gasteiger partial charge < -0.3 is 10.5 Å². The van der Waals surface area contributed by atoms with Crippen LogP contribution in [0.5, 0.6) is 5.75 Å². The number of halogens is 3. The summed E-state index contributed by atoms with van der Waals surface area (Å²) in [5.74, 6) is 0.284. The summed E-state index contributed by atoms with van der Waals surface area (Å²) in [4.78, 5) is 0. The highest BCUT2D eigenvalue weighted by Gasteiger charge is 2.33. The second kappa shape index (κ2) is 5.18. The number of nitrogens with two attached hydrogens (primary N) is 1. The molecule has 1 aromatic rings. The molecular weight excluding hydrogens is 243 g/mol. The summed E-state index contributed by atoms with van der Waals surface area (Å²) in [7, 11) is 0. The lowest BCUT2D eigenvalue weighted by Gasteiger charge is -2.17. The Morgan fingerprint density at radius 3 is 2.44 bits per heavy atom. The average Bonchev–Trinajstić information content (AvgIpc) is 2.80. The summed E-state index contributed by atoms with van der Waals surface area (Å²) in [5, 5.41) is 0. The van der Waals surface area contributed by atoms with Gasteiger partial charge in [-0.05, 0) is 43.4 Å². The number of rotatable bonds is 3. The van der Waals surface area contributed by atoms with Crippen molar-refractivity contribution in [2.24, 2.45) is 5.73 Å². The van der Waals surface area contributed by atoms with E-state index in [1.165, 1.54) is 6.07 Å². The summed E-state index contributed by atoms with van der Waals surface area (Å²) in [6.45, 7) is -0.126. The Bertz CT molecular complexity index is 411. The summed E-state index contributed by atoms with van der Waals surface area (Å²) in [6.07, 6.45) is -0.339. The Hall–Kier alpha value is -1.23. The van der Waals surface area contributed by atoms with Crippen molar-refractivity contribution in [2.75, 3.05) is 0 Å². The molecule has 0 bridgehead atoms. The molecule has 0 atom stereocenters. The van der Waals surface area contributed by atoms with Crippen molar-refractivity contribution >= 4 is 0 Å². The molecule has 100 valence electrons. The van der Waals surface area contributed by atoms with Crippen molar-refractivity contribution < 1.29 is 17.9 Å². The van der Waals surface area contributed by atoms with E-state index in [1.54, 1.807) is 6.07 Å². The first-order valence-corrected chi connectivity index (χ1v) is 6.07. The maximum Gasteiger partial charge on any atom is 0.416 e. The quantitative estimate of drug-likeness (QED) is 0.901. The van der Waals surface area contributed by atoms with Gasteiger partial charge in [0.25, 0.3) is 0 Å². The predicted octanol–water partition coefficient (Wildman–Crippen LogP) is 3.49. The molecular formula is C13H16F3NO. The van der Waals surface area contributed by atoms with Crippen LogP contribution in [0.15, 0.2) is 18.2 Å². The number of hydrogen-bond acceptors (Lipinski definition) is 2. The van der Waals surface area contributed by atoms with Crippen LogP contribution >= 0.6 is 0 Å². The lowest BCUT2D eigenvalue weighted by Crippen LogP contribution is -2.14. The molecule has 0 aromatic heterocycles. The highest BCUT2D eigenvalue weighted by Crippen LogP contribution is 2.35. The molecule has 0 saturated heterocycles. The number of benzene rings is 1. The Morgan fingerprint density at radius 1 is 1.22 bits per heavy atom. The zero-order valence-corrected chi connectivity index (χ0v) is 9.96. The molecule has 5 heteroatoms. The third-order valence-corrected chi connectivity index (χ3v) is 3.21. The third-order valence-electron chi connectivity index (χ3n) is 3.21. The van der Waals surface area contributed by atoms with Gasteiger partial charge in [0.05, 0.1) is 11.7 Å². The van der Waals surface area contributed by atoms with E-state index in [0.29, 0.717) is 0 Å². The minimum Gasteiger partial charge on any atom is -0.490 e. The lowest BCUT2D eigenvalue weighted by molar-refractivity contribution is -0.138. The molecule has 0 aliphatic heterocycles. The van der Waals surface area contributed by atoms with Crippen molar-refractivity contribution in [3.8, 4) is 5.75 Å². The van der Waals surface area contributed by atoms with Crippen LogP contribution in [-0.2, 0) is 12.7 Å². The van der Waals surface area contributed by atoms with Gasteiger partial charge in [0.15, 0.2) is 0 Å². The summed E-state index contributed by atoms with van der Waals surface area (Å²) in [5.41, 5.74) is 4.72. The molecule has 2 N–H and O–H groups in total. The molecule has 1 fully saturated rings. The molecule has 1 saturated carbocycles. The summed E-state index contributed by atoms with van der Waals surface area (Å²) in [6, 6.07) is 4.02. The fraction of sp³-hybridized carbons (Fsp3) is 0.538. The fourth-order valence-corrected chi connectivity index (χ4v) is 2.27. The first-order chi connectivity index (χ1) is 8.50. The molecule has 0 heterocycles. The Labute approximate surface area is 104 Å². The van der Waals surface area contributed by atoms with Gasteiger partial charge in [-0.25, -0.2) is 0 Å². The van der Waals surface area contributed by atoms with Crippen molar-refractivity contribution in [3.05, 3.63) is 29.3 Å². The highest BCUT2D eigenvalue weighted by atomic mass is 19.4. The van der Waals surface area contributed by atoms with Crippen LogP contribution in [0.4, 0.5) is 13.2 Å². The van der Waals surface area contributed by atoms with Gasteiger partial charge in [-0.2, -0.15) is 13.2 Å². The Morgan fingerprint density at radius 2 is 1.89 bits per heavy atom. The first-order valence-electron chi connectivity index (χ1n) is 6.07. The molecule has 0 amide bonds. The van der Waals surface area contributed by atoms with E-state index in [0.717, 1.165) is 31.7 Å². The molecule has 0 spiro atoms. The van der Waals surface area contributed by atoms with Crippen molar-refractivity contribution in [2.45, 2.75) is 44.5 Å². The average molecular weight is 259 g/mol. The monoisotopic (exact) mass is 259 g/mol. The normalized spacial score (nSPS) is 17.1. The third kappa shape index (κ3) is 2.96. The van der Waals surface area contributed by atoms with Gasteiger partial charge in [0.1, 0.15) is 5.75 Å². The first kappa shape index (κ1) is 13.2. The summed E-state index contributed by atoms with van der Waals surface area (Å²) < 4.78 is 44.0. The SMILES string of the molecule is NCc1ccc(OC2CCCC2)cc1C(F)(F)F. The van der Waals surface area contributed by atoms with Crippen LogP contribution in [0.2, 0.25) is 0 Å². The van der Waals surface area contributed by atoms with E-state index >= 15 is 0 Å². The Balaban J connectivity index is 2.22. The number of alkyl halides is 3. The van der Waals surface area contributed by atoms with Crippen LogP contribution in [-0.4, -0.2) is 6.10 Å². The van der Waals surface area contributed by atoms with Crippen molar-refractivity contribution in [3.63, 3.8) is 0 Å². The lowest BCUT2D eigenvalue weighted by atomic mass is 10.1. The smallest absolute Gasteiger partial charge is 0.416 e. The molecule has 18 heavy (non-hydrogen) atoms. The maximum absolute atomic E-state index is 12.8. The molecule has 1 aliphatic carbocycles. The topological polar surface area (TPSA) is 35.2 Å². The molecule has 0 unspecified atom stereocenters. The molecule has 1 aliphatic rings. The standard InChI is InChI=1S/C13H16F3NO/c14-13(15,16)12-7-11(6-5-9(12)8-17)18-10-3-1-2-4-10/h5-7,10H,1-4,8,17H2. The van der Waals surface area contributed by atoms with E-state index in [2.05, 4.69) is 0 Å². The number of ether oxygens (including phenoxy) is 1. The predicted molar refractivity (Wildman–Crippen MR) is 62.2 cm³/mol. The zero-order valence-electron chi connectivity index (χ0n) is 9.96. The van der Waals surface area contributed by atoms with E-state index in [-0.39, 0.29) is 24.0 Å². The molecule has 2 nitrogen and oxygen atoms in total. The minimum absolute atomic E-state index is 0.0508. The van der Waals surface area contributed by atoms with E-state index in [1.807, 2.05) is 0 Å². The minimum atomic E-state index is -4.39. The van der Waals surface area contributed by atoms with E-state index < -0.39 is 11.7 Å². The van der Waals surface area contributed by atoms with Gasteiger partial charge in [-0.1, -0.05) is 6.07 Å². The molecule has 2 rings (SSSR count). The van der Waals surface area contributed by atoms with Crippen LogP contribution in [0, 0.1) is 0 Å². The van der Waals surface area contributed by atoms with E-state index in [9.17, 15) is 13.2 Å². The second-order valence-corrected chi connectivity index (χ2v) is 4.55. The van der Waals surface area contributed by atoms with Gasteiger partial charge in [0, 0.05) is 6.54 Å². The van der Waals surface area contributed by atoms with Crippen LogP contribution in [0.1, 0.15) is 36.8 Å². The second-order valence-electron chi connectivity index (χ2n) is 4.55. The largest absolute Gasteiger partial charge is 0.490 e. The maximum atomic E-state index is 12.8.